The highest BCUT2D eigenvalue weighted by Crippen LogP contribution is 2.38. The molecule has 1 atom stereocenters. The van der Waals surface area contributed by atoms with Crippen molar-refractivity contribution in [3.05, 3.63) is 0 Å². The third-order valence-electron chi connectivity index (χ3n) is 3.40. The molecule has 0 fully saturated rings. The second-order valence-electron chi connectivity index (χ2n) is 6.07. The van der Waals surface area contributed by atoms with Crippen molar-refractivity contribution >= 4 is 8.32 Å². The Labute approximate surface area is 91.4 Å². The smallest absolute Gasteiger partial charge is 0.192 e. The molecule has 0 spiro atoms. The van der Waals surface area contributed by atoms with Crippen LogP contribution in [0.5, 0.6) is 0 Å². The molecule has 0 aliphatic heterocycles. The summed E-state index contributed by atoms with van der Waals surface area (Å²) in [6.45, 7) is 18.3. The quantitative estimate of drug-likeness (QED) is 0.631. The van der Waals surface area contributed by atoms with E-state index in [0.29, 0.717) is 17.1 Å². The second kappa shape index (κ2) is 4.80. The van der Waals surface area contributed by atoms with Gasteiger partial charge in [0.05, 0.1) is 0 Å². The molecule has 14 heavy (non-hydrogen) atoms. The minimum absolute atomic E-state index is 0.329. The van der Waals surface area contributed by atoms with Crippen molar-refractivity contribution in [2.24, 2.45) is 5.92 Å². The van der Waals surface area contributed by atoms with Crippen molar-refractivity contribution in [2.75, 3.05) is 0 Å². The molecule has 0 aromatic heterocycles. The van der Waals surface area contributed by atoms with E-state index in [4.69, 9.17) is 4.43 Å². The SMILES string of the molecule is CCC(O[Si](C)(C)C(C)(C)C)C(C)C. The van der Waals surface area contributed by atoms with Gasteiger partial charge in [-0.25, -0.2) is 0 Å². The topological polar surface area (TPSA) is 9.23 Å². The minimum atomic E-state index is -1.55. The predicted octanol–water partition coefficient (Wildman–Crippen LogP) is 4.44. The second-order valence-corrected chi connectivity index (χ2v) is 10.8. The van der Waals surface area contributed by atoms with Gasteiger partial charge in [0.2, 0.25) is 0 Å². The molecule has 1 unspecified atom stereocenters. The highest BCUT2D eigenvalue weighted by atomic mass is 28.4. The lowest BCUT2D eigenvalue weighted by Crippen LogP contribution is -2.45. The zero-order chi connectivity index (χ0) is 11.6. The normalized spacial score (nSPS) is 16.1. The molecule has 0 saturated carbocycles. The van der Waals surface area contributed by atoms with Gasteiger partial charge in [0.15, 0.2) is 8.32 Å². The summed E-state index contributed by atoms with van der Waals surface area (Å²) in [7, 11) is -1.55. The van der Waals surface area contributed by atoms with E-state index in [9.17, 15) is 0 Å². The van der Waals surface area contributed by atoms with Crippen molar-refractivity contribution in [2.45, 2.75) is 72.2 Å². The third-order valence-corrected chi connectivity index (χ3v) is 7.90. The summed E-state index contributed by atoms with van der Waals surface area (Å²) in [5, 5.41) is 0.329. The van der Waals surface area contributed by atoms with Crippen LogP contribution in [0.25, 0.3) is 0 Å². The van der Waals surface area contributed by atoms with Gasteiger partial charge in [-0.1, -0.05) is 41.5 Å². The van der Waals surface area contributed by atoms with Crippen molar-refractivity contribution in [1.29, 1.82) is 0 Å². The summed E-state index contributed by atoms with van der Waals surface area (Å²) >= 11 is 0. The first-order chi connectivity index (χ1) is 6.12. The molecule has 2 heteroatoms. The first kappa shape index (κ1) is 14.2. The van der Waals surface area contributed by atoms with Crippen LogP contribution >= 0.6 is 0 Å². The molecular formula is C12H28OSi. The van der Waals surface area contributed by atoms with E-state index in [1.54, 1.807) is 0 Å². The zero-order valence-electron chi connectivity index (χ0n) is 11.3. The van der Waals surface area contributed by atoms with Crippen molar-refractivity contribution in [1.82, 2.24) is 0 Å². The Bertz CT molecular complexity index is 168. The summed E-state index contributed by atoms with van der Waals surface area (Å²) in [6.07, 6.45) is 1.57. The Morgan fingerprint density at radius 3 is 1.79 bits per heavy atom. The van der Waals surface area contributed by atoms with Crippen molar-refractivity contribution in [3.63, 3.8) is 0 Å². The third kappa shape index (κ3) is 3.74. The maximum Gasteiger partial charge on any atom is 0.192 e. The summed E-state index contributed by atoms with van der Waals surface area (Å²) in [5.41, 5.74) is 0. The Kier molecular flexibility index (Phi) is 4.86. The van der Waals surface area contributed by atoms with Gasteiger partial charge in [0.25, 0.3) is 0 Å². The van der Waals surface area contributed by atoms with E-state index in [0.717, 1.165) is 6.42 Å². The van der Waals surface area contributed by atoms with Gasteiger partial charge in [-0.2, -0.15) is 0 Å². The average Bonchev–Trinajstić information content (AvgIpc) is 1.97. The molecule has 0 aliphatic carbocycles. The fourth-order valence-electron chi connectivity index (χ4n) is 1.25. The molecule has 0 saturated heterocycles. The number of rotatable bonds is 4. The first-order valence-electron chi connectivity index (χ1n) is 5.79. The molecule has 0 amide bonds. The van der Waals surface area contributed by atoms with Gasteiger partial charge in [-0.15, -0.1) is 0 Å². The monoisotopic (exact) mass is 216 g/mol. The molecule has 0 aromatic carbocycles. The molecule has 0 heterocycles. The van der Waals surface area contributed by atoms with Gasteiger partial charge in [-0.3, -0.25) is 0 Å². The van der Waals surface area contributed by atoms with Crippen LogP contribution < -0.4 is 0 Å². The van der Waals surface area contributed by atoms with Crippen LogP contribution in [0.1, 0.15) is 48.0 Å². The van der Waals surface area contributed by atoms with Gasteiger partial charge < -0.3 is 4.43 Å². The highest BCUT2D eigenvalue weighted by molar-refractivity contribution is 6.74. The van der Waals surface area contributed by atoms with E-state index in [2.05, 4.69) is 54.6 Å². The molecule has 0 radical (unpaired) electrons. The summed E-state index contributed by atoms with van der Waals surface area (Å²) < 4.78 is 6.35. The van der Waals surface area contributed by atoms with Gasteiger partial charge in [0, 0.05) is 6.10 Å². The number of hydrogen-bond donors (Lipinski definition) is 0. The maximum atomic E-state index is 6.35. The molecular weight excluding hydrogens is 188 g/mol. The summed E-state index contributed by atoms with van der Waals surface area (Å²) in [4.78, 5) is 0. The van der Waals surface area contributed by atoms with Crippen LogP contribution in [0.3, 0.4) is 0 Å². The maximum absolute atomic E-state index is 6.35. The molecule has 0 rings (SSSR count). The highest BCUT2D eigenvalue weighted by Gasteiger charge is 2.39. The lowest BCUT2D eigenvalue weighted by molar-refractivity contribution is 0.130. The van der Waals surface area contributed by atoms with Crippen LogP contribution in [-0.4, -0.2) is 14.4 Å². The molecule has 0 aliphatic rings. The van der Waals surface area contributed by atoms with Gasteiger partial charge in [-0.05, 0) is 30.5 Å². The summed E-state index contributed by atoms with van der Waals surface area (Å²) in [6, 6.07) is 0. The largest absolute Gasteiger partial charge is 0.414 e. The fraction of sp³-hybridized carbons (Fsp3) is 1.00. The Balaban J connectivity index is 4.48. The van der Waals surface area contributed by atoms with Gasteiger partial charge in [0.1, 0.15) is 0 Å². The predicted molar refractivity (Wildman–Crippen MR) is 67.2 cm³/mol. The Morgan fingerprint density at radius 1 is 1.14 bits per heavy atom. The lowest BCUT2D eigenvalue weighted by Gasteiger charge is -2.40. The standard InChI is InChI=1S/C12H28OSi/c1-9-11(10(2)3)13-14(7,8)12(4,5)6/h10-11H,9H2,1-8H3. The van der Waals surface area contributed by atoms with Crippen LogP contribution in [0.15, 0.2) is 0 Å². The Morgan fingerprint density at radius 2 is 1.57 bits per heavy atom. The van der Waals surface area contributed by atoms with E-state index in [1.807, 2.05) is 0 Å². The zero-order valence-corrected chi connectivity index (χ0v) is 12.3. The molecule has 0 bridgehead atoms. The van der Waals surface area contributed by atoms with Crippen LogP contribution in [0.4, 0.5) is 0 Å². The number of hydrogen-bond acceptors (Lipinski definition) is 1. The van der Waals surface area contributed by atoms with Crippen LogP contribution in [0, 0.1) is 5.92 Å². The first-order valence-corrected chi connectivity index (χ1v) is 8.70. The molecule has 0 aromatic rings. The van der Waals surface area contributed by atoms with Gasteiger partial charge >= 0.3 is 0 Å². The fourth-order valence-corrected chi connectivity index (χ4v) is 2.80. The van der Waals surface area contributed by atoms with E-state index < -0.39 is 8.32 Å². The van der Waals surface area contributed by atoms with Crippen LogP contribution in [0.2, 0.25) is 18.1 Å². The molecule has 0 N–H and O–H groups in total. The molecule has 86 valence electrons. The van der Waals surface area contributed by atoms with E-state index in [-0.39, 0.29) is 0 Å². The Hall–Kier alpha value is 0.177. The lowest BCUT2D eigenvalue weighted by atomic mass is 10.1. The van der Waals surface area contributed by atoms with E-state index >= 15 is 0 Å². The molecule has 1 nitrogen and oxygen atoms in total. The average molecular weight is 216 g/mol. The van der Waals surface area contributed by atoms with Crippen LogP contribution in [-0.2, 0) is 4.43 Å². The van der Waals surface area contributed by atoms with Crippen molar-refractivity contribution < 1.29 is 4.43 Å². The van der Waals surface area contributed by atoms with Crippen molar-refractivity contribution in [3.8, 4) is 0 Å². The van der Waals surface area contributed by atoms with E-state index in [1.165, 1.54) is 0 Å². The minimum Gasteiger partial charge on any atom is -0.414 e. The summed E-state index contributed by atoms with van der Waals surface area (Å²) in [5.74, 6) is 0.633.